The summed E-state index contributed by atoms with van der Waals surface area (Å²) in [5, 5.41) is 9.49. The highest BCUT2D eigenvalue weighted by Gasteiger charge is 2.10. The molecular weight excluding hydrogens is 224 g/mol. The number of hydrogen-bond acceptors (Lipinski definition) is 3. The fourth-order valence-electron chi connectivity index (χ4n) is 1.57. The molecule has 0 aromatic heterocycles. The average molecular weight is 243 g/mol. The van der Waals surface area contributed by atoms with Gasteiger partial charge in [-0.2, -0.15) is 0 Å². The fraction of sp³-hybridized carbons (Fsp3) is 0.500. The summed E-state index contributed by atoms with van der Waals surface area (Å²) in [6, 6.07) is 7.61. The highest BCUT2D eigenvalue weighted by atomic mass is 35.5. The van der Waals surface area contributed by atoms with Crippen LogP contribution in [-0.2, 0) is 0 Å². The molecule has 0 aliphatic heterocycles. The molecule has 0 radical (unpaired) electrons. The van der Waals surface area contributed by atoms with E-state index in [0.29, 0.717) is 6.54 Å². The van der Waals surface area contributed by atoms with Crippen molar-refractivity contribution in [3.63, 3.8) is 0 Å². The third-order valence-corrected chi connectivity index (χ3v) is 2.95. The number of likely N-dealkylation sites (N-methyl/N-ethyl adjacent to an activating group) is 1. The SMILES string of the molecule is CN(CCO)CCC(N)c1ccccc1Cl. The zero-order chi connectivity index (χ0) is 12.0. The summed E-state index contributed by atoms with van der Waals surface area (Å²) in [5.41, 5.74) is 7.05. The van der Waals surface area contributed by atoms with E-state index in [2.05, 4.69) is 4.90 Å². The zero-order valence-corrected chi connectivity index (χ0v) is 10.3. The monoisotopic (exact) mass is 242 g/mol. The van der Waals surface area contributed by atoms with E-state index in [-0.39, 0.29) is 12.6 Å². The van der Waals surface area contributed by atoms with Crippen LogP contribution in [0, 0.1) is 0 Å². The van der Waals surface area contributed by atoms with Crippen LogP contribution in [0.5, 0.6) is 0 Å². The fourth-order valence-corrected chi connectivity index (χ4v) is 1.85. The Morgan fingerprint density at radius 1 is 1.38 bits per heavy atom. The van der Waals surface area contributed by atoms with E-state index in [0.717, 1.165) is 23.6 Å². The van der Waals surface area contributed by atoms with Gasteiger partial charge in [0.2, 0.25) is 0 Å². The number of nitrogens with two attached hydrogens (primary N) is 1. The first-order valence-corrected chi connectivity index (χ1v) is 5.82. The standard InChI is InChI=1S/C12H19ClN2O/c1-15(8-9-16)7-6-12(14)10-4-2-3-5-11(10)13/h2-5,12,16H,6-9,14H2,1H3. The van der Waals surface area contributed by atoms with Crippen molar-refractivity contribution in [2.75, 3.05) is 26.7 Å². The molecule has 1 aromatic rings. The van der Waals surface area contributed by atoms with Gasteiger partial charge in [0.15, 0.2) is 0 Å². The molecule has 1 atom stereocenters. The van der Waals surface area contributed by atoms with Crippen LogP contribution in [0.4, 0.5) is 0 Å². The van der Waals surface area contributed by atoms with E-state index >= 15 is 0 Å². The quantitative estimate of drug-likeness (QED) is 0.798. The van der Waals surface area contributed by atoms with Gasteiger partial charge in [-0.05, 0) is 31.6 Å². The van der Waals surface area contributed by atoms with Crippen molar-refractivity contribution in [2.45, 2.75) is 12.5 Å². The van der Waals surface area contributed by atoms with Crippen molar-refractivity contribution in [3.8, 4) is 0 Å². The number of benzene rings is 1. The van der Waals surface area contributed by atoms with E-state index in [1.165, 1.54) is 0 Å². The Labute approximate surface area is 102 Å². The third kappa shape index (κ3) is 4.10. The molecule has 1 rings (SSSR count). The van der Waals surface area contributed by atoms with Gasteiger partial charge in [-0.25, -0.2) is 0 Å². The molecule has 1 aromatic carbocycles. The Morgan fingerprint density at radius 2 is 2.06 bits per heavy atom. The molecule has 0 heterocycles. The smallest absolute Gasteiger partial charge is 0.0558 e. The number of hydrogen-bond donors (Lipinski definition) is 2. The predicted octanol–water partition coefficient (Wildman–Crippen LogP) is 1.65. The Balaban J connectivity index is 2.46. The van der Waals surface area contributed by atoms with Crippen molar-refractivity contribution in [2.24, 2.45) is 5.73 Å². The molecule has 3 nitrogen and oxygen atoms in total. The third-order valence-electron chi connectivity index (χ3n) is 2.61. The second kappa shape index (κ2) is 6.86. The van der Waals surface area contributed by atoms with Crippen molar-refractivity contribution in [3.05, 3.63) is 34.9 Å². The highest BCUT2D eigenvalue weighted by Crippen LogP contribution is 2.22. The lowest BCUT2D eigenvalue weighted by molar-refractivity contribution is 0.217. The van der Waals surface area contributed by atoms with Gasteiger partial charge in [0.25, 0.3) is 0 Å². The van der Waals surface area contributed by atoms with Crippen LogP contribution in [0.3, 0.4) is 0 Å². The lowest BCUT2D eigenvalue weighted by Gasteiger charge is -2.19. The summed E-state index contributed by atoms with van der Waals surface area (Å²) in [4.78, 5) is 2.05. The van der Waals surface area contributed by atoms with Gasteiger partial charge in [-0.1, -0.05) is 29.8 Å². The number of rotatable bonds is 6. The molecule has 0 bridgehead atoms. The van der Waals surface area contributed by atoms with Crippen LogP contribution in [-0.4, -0.2) is 36.8 Å². The maximum absolute atomic E-state index is 8.77. The van der Waals surface area contributed by atoms with Gasteiger partial charge in [-0.15, -0.1) is 0 Å². The summed E-state index contributed by atoms with van der Waals surface area (Å²) >= 11 is 6.06. The minimum absolute atomic E-state index is 0.0464. The van der Waals surface area contributed by atoms with Crippen molar-refractivity contribution in [1.29, 1.82) is 0 Å². The van der Waals surface area contributed by atoms with E-state index < -0.39 is 0 Å². The van der Waals surface area contributed by atoms with Crippen LogP contribution < -0.4 is 5.73 Å². The molecule has 0 amide bonds. The molecule has 1 unspecified atom stereocenters. The molecule has 0 spiro atoms. The summed E-state index contributed by atoms with van der Waals surface area (Å²) < 4.78 is 0. The van der Waals surface area contributed by atoms with Gasteiger partial charge in [0.05, 0.1) is 6.61 Å². The molecule has 90 valence electrons. The molecule has 0 saturated heterocycles. The van der Waals surface area contributed by atoms with Crippen LogP contribution >= 0.6 is 11.6 Å². The van der Waals surface area contributed by atoms with Crippen molar-refractivity contribution < 1.29 is 5.11 Å². The first kappa shape index (κ1) is 13.5. The van der Waals surface area contributed by atoms with Gasteiger partial charge in [0.1, 0.15) is 0 Å². The van der Waals surface area contributed by atoms with Crippen LogP contribution in [0.1, 0.15) is 18.0 Å². The normalized spacial score (nSPS) is 13.1. The minimum Gasteiger partial charge on any atom is -0.395 e. The molecule has 0 saturated carbocycles. The number of halogens is 1. The molecule has 0 aliphatic rings. The zero-order valence-electron chi connectivity index (χ0n) is 9.56. The van der Waals surface area contributed by atoms with E-state index in [1.54, 1.807) is 0 Å². The Kier molecular flexibility index (Phi) is 5.77. The molecule has 0 aliphatic carbocycles. The summed E-state index contributed by atoms with van der Waals surface area (Å²) in [6.07, 6.45) is 0.834. The second-order valence-corrected chi connectivity index (χ2v) is 4.35. The summed E-state index contributed by atoms with van der Waals surface area (Å²) in [5.74, 6) is 0. The molecule has 0 fully saturated rings. The average Bonchev–Trinajstić information content (AvgIpc) is 2.27. The molecule has 4 heteroatoms. The van der Waals surface area contributed by atoms with E-state index in [4.69, 9.17) is 22.4 Å². The minimum atomic E-state index is -0.0464. The molecule has 3 N–H and O–H groups in total. The molecule has 16 heavy (non-hydrogen) atoms. The number of aliphatic hydroxyl groups is 1. The Bertz CT molecular complexity index is 320. The van der Waals surface area contributed by atoms with E-state index in [1.807, 2.05) is 31.3 Å². The van der Waals surface area contributed by atoms with Gasteiger partial charge in [-0.3, -0.25) is 0 Å². The van der Waals surface area contributed by atoms with Crippen molar-refractivity contribution in [1.82, 2.24) is 4.90 Å². The Hall–Kier alpha value is -0.610. The topological polar surface area (TPSA) is 49.5 Å². The number of aliphatic hydroxyl groups excluding tert-OH is 1. The maximum atomic E-state index is 8.77. The summed E-state index contributed by atoms with van der Waals surface area (Å²) in [7, 11) is 1.97. The second-order valence-electron chi connectivity index (χ2n) is 3.94. The highest BCUT2D eigenvalue weighted by molar-refractivity contribution is 6.31. The van der Waals surface area contributed by atoms with Gasteiger partial charge >= 0.3 is 0 Å². The Morgan fingerprint density at radius 3 is 2.69 bits per heavy atom. The van der Waals surface area contributed by atoms with Crippen LogP contribution in [0.15, 0.2) is 24.3 Å². The molecular formula is C12H19ClN2O. The van der Waals surface area contributed by atoms with Crippen molar-refractivity contribution >= 4 is 11.6 Å². The lowest BCUT2D eigenvalue weighted by atomic mass is 10.0. The van der Waals surface area contributed by atoms with Gasteiger partial charge < -0.3 is 15.7 Å². The first-order chi connectivity index (χ1) is 7.65. The lowest BCUT2D eigenvalue weighted by Crippen LogP contribution is -2.26. The van der Waals surface area contributed by atoms with Crippen LogP contribution in [0.25, 0.3) is 0 Å². The van der Waals surface area contributed by atoms with Gasteiger partial charge in [0, 0.05) is 17.6 Å². The first-order valence-electron chi connectivity index (χ1n) is 5.44. The summed E-state index contributed by atoms with van der Waals surface area (Å²) in [6.45, 7) is 1.71. The van der Waals surface area contributed by atoms with Crippen LogP contribution in [0.2, 0.25) is 5.02 Å². The largest absolute Gasteiger partial charge is 0.395 e. The predicted molar refractivity (Wildman–Crippen MR) is 67.6 cm³/mol. The van der Waals surface area contributed by atoms with E-state index in [9.17, 15) is 0 Å². The number of nitrogens with zero attached hydrogens (tertiary/aromatic N) is 1. The maximum Gasteiger partial charge on any atom is 0.0558 e.